The van der Waals surface area contributed by atoms with E-state index in [-0.39, 0.29) is 0 Å². The molecule has 0 aliphatic carbocycles. The van der Waals surface area contributed by atoms with Crippen LogP contribution >= 0.6 is 0 Å². The number of hydrogen-bond acceptors (Lipinski definition) is 5. The average molecular weight is 396 g/mol. The molecule has 0 atom stereocenters. The monoisotopic (exact) mass is 395 g/mol. The molecule has 0 amide bonds. The minimum Gasteiger partial charge on any atom is -0.369 e. The molecule has 4 aromatic rings. The molecule has 1 fully saturated rings. The minimum atomic E-state index is 0.609. The lowest BCUT2D eigenvalue weighted by molar-refractivity contribution is 0.313. The second-order valence-electron chi connectivity index (χ2n) is 7.77. The van der Waals surface area contributed by atoms with Gasteiger partial charge in [-0.1, -0.05) is 48.5 Å². The van der Waals surface area contributed by atoms with Gasteiger partial charge >= 0.3 is 0 Å². The fraction of sp³-hybridized carbons (Fsp3) is 0.200. The number of hydrogen-bond donors (Lipinski definition) is 1. The Labute approximate surface area is 177 Å². The summed E-state index contributed by atoms with van der Waals surface area (Å²) in [6.45, 7) is 4.35. The van der Waals surface area contributed by atoms with Crippen LogP contribution in [0.1, 0.15) is 0 Å². The maximum Gasteiger partial charge on any atom is 0.227 e. The van der Waals surface area contributed by atoms with Gasteiger partial charge in [0, 0.05) is 54.7 Å². The first-order valence-electron chi connectivity index (χ1n) is 10.4. The first-order valence-corrected chi connectivity index (χ1v) is 10.4. The van der Waals surface area contributed by atoms with Gasteiger partial charge in [-0.15, -0.1) is 0 Å². The first kappa shape index (κ1) is 18.6. The summed E-state index contributed by atoms with van der Waals surface area (Å²) in [5.41, 5.74) is 5.48. The van der Waals surface area contributed by atoms with Crippen LogP contribution in [-0.4, -0.2) is 48.1 Å². The van der Waals surface area contributed by atoms with Gasteiger partial charge in [-0.2, -0.15) is 0 Å². The summed E-state index contributed by atoms with van der Waals surface area (Å²) in [6, 6.07) is 25.1. The zero-order valence-corrected chi connectivity index (χ0v) is 17.1. The van der Waals surface area contributed by atoms with Gasteiger partial charge in [0.05, 0.1) is 5.52 Å². The van der Waals surface area contributed by atoms with Crippen LogP contribution < -0.4 is 10.2 Å². The van der Waals surface area contributed by atoms with Crippen LogP contribution in [0, 0.1) is 0 Å². The lowest BCUT2D eigenvalue weighted by Crippen LogP contribution is -2.44. The lowest BCUT2D eigenvalue weighted by atomic mass is 10.0. The molecule has 5 heteroatoms. The van der Waals surface area contributed by atoms with Crippen LogP contribution in [0.25, 0.3) is 22.0 Å². The average Bonchev–Trinajstić information content (AvgIpc) is 2.80. The molecule has 1 aromatic heterocycles. The predicted octanol–water partition coefficient (Wildman–Crippen LogP) is 4.79. The summed E-state index contributed by atoms with van der Waals surface area (Å²) in [5, 5.41) is 4.40. The van der Waals surface area contributed by atoms with Crippen LogP contribution in [0.3, 0.4) is 0 Å². The van der Waals surface area contributed by atoms with Crippen molar-refractivity contribution in [1.29, 1.82) is 0 Å². The van der Waals surface area contributed by atoms with E-state index in [4.69, 9.17) is 4.98 Å². The fourth-order valence-corrected chi connectivity index (χ4v) is 3.92. The zero-order valence-electron chi connectivity index (χ0n) is 17.1. The Hall–Kier alpha value is -3.44. The van der Waals surface area contributed by atoms with Crippen molar-refractivity contribution in [3.63, 3.8) is 0 Å². The summed E-state index contributed by atoms with van der Waals surface area (Å²) >= 11 is 0. The van der Waals surface area contributed by atoms with Gasteiger partial charge in [0.25, 0.3) is 0 Å². The van der Waals surface area contributed by atoms with Crippen LogP contribution in [0.5, 0.6) is 0 Å². The molecule has 0 saturated carbocycles. The Kier molecular flexibility index (Phi) is 5.03. The molecule has 1 N–H and O–H groups in total. The van der Waals surface area contributed by atoms with Gasteiger partial charge in [0.1, 0.15) is 0 Å². The number of aromatic nitrogens is 2. The Morgan fingerprint density at radius 1 is 0.800 bits per heavy atom. The molecule has 0 spiro atoms. The third kappa shape index (κ3) is 3.84. The molecular weight excluding hydrogens is 370 g/mol. The Balaban J connectivity index is 1.39. The number of para-hydroxylation sites is 1. The van der Waals surface area contributed by atoms with Crippen LogP contribution in [0.2, 0.25) is 0 Å². The molecule has 1 saturated heterocycles. The number of fused-ring (bicyclic) bond motifs is 1. The normalized spacial score (nSPS) is 14.8. The molecule has 1 aliphatic rings. The first-order chi connectivity index (χ1) is 14.8. The molecule has 150 valence electrons. The fourth-order valence-electron chi connectivity index (χ4n) is 3.92. The van der Waals surface area contributed by atoms with E-state index in [1.54, 1.807) is 0 Å². The third-order valence-electron chi connectivity index (χ3n) is 5.69. The van der Waals surface area contributed by atoms with Crippen molar-refractivity contribution in [3.8, 4) is 11.1 Å². The van der Waals surface area contributed by atoms with Gasteiger partial charge in [-0.25, -0.2) is 9.97 Å². The SMILES string of the molecule is CN1CCN(c2ccc(Nc3ncc4cccc(-c5ccccc5)c4n3)cc2)CC1. The lowest BCUT2D eigenvalue weighted by Gasteiger charge is -2.34. The highest BCUT2D eigenvalue weighted by molar-refractivity contribution is 5.93. The smallest absolute Gasteiger partial charge is 0.227 e. The van der Waals surface area contributed by atoms with E-state index in [1.165, 1.54) is 5.69 Å². The van der Waals surface area contributed by atoms with E-state index in [0.29, 0.717) is 5.95 Å². The number of anilines is 3. The molecule has 5 nitrogen and oxygen atoms in total. The highest BCUT2D eigenvalue weighted by Crippen LogP contribution is 2.28. The molecule has 1 aliphatic heterocycles. The summed E-state index contributed by atoms with van der Waals surface area (Å²) in [5.74, 6) is 0.609. The third-order valence-corrected chi connectivity index (χ3v) is 5.69. The number of rotatable bonds is 4. The van der Waals surface area contributed by atoms with Crippen molar-refractivity contribution < 1.29 is 0 Å². The number of nitrogens with one attached hydrogen (secondary N) is 1. The van der Waals surface area contributed by atoms with Gasteiger partial charge in [-0.3, -0.25) is 0 Å². The maximum atomic E-state index is 4.83. The van der Waals surface area contributed by atoms with Crippen LogP contribution in [-0.2, 0) is 0 Å². The molecule has 3 aromatic carbocycles. The summed E-state index contributed by atoms with van der Waals surface area (Å²) in [4.78, 5) is 14.1. The predicted molar refractivity (Wildman–Crippen MR) is 124 cm³/mol. The molecule has 0 bridgehead atoms. The van der Waals surface area contributed by atoms with E-state index in [9.17, 15) is 0 Å². The summed E-state index contributed by atoms with van der Waals surface area (Å²) in [7, 11) is 2.18. The Bertz CT molecular complexity index is 1130. The van der Waals surface area contributed by atoms with E-state index in [0.717, 1.165) is 53.9 Å². The van der Waals surface area contributed by atoms with Crippen molar-refractivity contribution in [2.24, 2.45) is 0 Å². The van der Waals surface area contributed by atoms with Gasteiger partial charge < -0.3 is 15.1 Å². The van der Waals surface area contributed by atoms with Crippen molar-refractivity contribution in [2.75, 3.05) is 43.4 Å². The number of piperazine rings is 1. The van der Waals surface area contributed by atoms with Gasteiger partial charge in [0.15, 0.2) is 0 Å². The second-order valence-corrected chi connectivity index (χ2v) is 7.77. The largest absolute Gasteiger partial charge is 0.369 e. The van der Waals surface area contributed by atoms with Gasteiger partial charge in [-0.05, 0) is 36.9 Å². The van der Waals surface area contributed by atoms with Crippen LogP contribution in [0.4, 0.5) is 17.3 Å². The number of likely N-dealkylation sites (N-methyl/N-ethyl adjacent to an activating group) is 1. The van der Waals surface area contributed by atoms with Crippen molar-refractivity contribution in [1.82, 2.24) is 14.9 Å². The Morgan fingerprint density at radius 2 is 1.57 bits per heavy atom. The minimum absolute atomic E-state index is 0.609. The van der Waals surface area contributed by atoms with Crippen molar-refractivity contribution in [3.05, 3.63) is 79.0 Å². The quantitative estimate of drug-likeness (QED) is 0.538. The second kappa shape index (κ2) is 8.13. The molecule has 5 rings (SSSR count). The highest BCUT2D eigenvalue weighted by atomic mass is 15.2. The number of benzene rings is 3. The zero-order chi connectivity index (χ0) is 20.3. The van der Waals surface area contributed by atoms with E-state index >= 15 is 0 Å². The van der Waals surface area contributed by atoms with Gasteiger partial charge in [0.2, 0.25) is 5.95 Å². The maximum absolute atomic E-state index is 4.83. The molecule has 2 heterocycles. The molecule has 0 radical (unpaired) electrons. The van der Waals surface area contributed by atoms with E-state index < -0.39 is 0 Å². The Morgan fingerprint density at radius 3 is 2.33 bits per heavy atom. The van der Waals surface area contributed by atoms with E-state index in [1.807, 2.05) is 12.3 Å². The topological polar surface area (TPSA) is 44.3 Å². The molecule has 30 heavy (non-hydrogen) atoms. The van der Waals surface area contributed by atoms with E-state index in [2.05, 4.69) is 93.9 Å². The summed E-state index contributed by atoms with van der Waals surface area (Å²) in [6.07, 6.45) is 1.88. The molecule has 0 unspecified atom stereocenters. The standard InChI is InChI=1S/C25H25N5/c1-29-14-16-30(17-15-29)22-12-10-21(11-13-22)27-25-26-18-20-8-5-9-23(24(20)28-25)19-6-3-2-4-7-19/h2-13,18H,14-17H2,1H3,(H,26,27,28). The highest BCUT2D eigenvalue weighted by Gasteiger charge is 2.14. The van der Waals surface area contributed by atoms with Crippen LogP contribution in [0.15, 0.2) is 79.0 Å². The number of nitrogens with zero attached hydrogens (tertiary/aromatic N) is 4. The van der Waals surface area contributed by atoms with Crippen molar-refractivity contribution in [2.45, 2.75) is 0 Å². The molecular formula is C25H25N5. The van der Waals surface area contributed by atoms with Crippen molar-refractivity contribution >= 4 is 28.2 Å². The summed E-state index contributed by atoms with van der Waals surface area (Å²) < 4.78 is 0.